The molecular formula is C25H33N9. The fourth-order valence-corrected chi connectivity index (χ4v) is 3.63. The second-order valence-electron chi connectivity index (χ2n) is 9.14. The van der Waals surface area contributed by atoms with Gasteiger partial charge in [-0.3, -0.25) is 9.67 Å². The minimum Gasteiger partial charge on any atom is -0.325 e. The van der Waals surface area contributed by atoms with E-state index in [0.29, 0.717) is 23.6 Å². The highest BCUT2D eigenvalue weighted by Gasteiger charge is 2.21. The van der Waals surface area contributed by atoms with Crippen molar-refractivity contribution >= 4 is 16.9 Å². The maximum Gasteiger partial charge on any atom is 0.146 e. The van der Waals surface area contributed by atoms with Crippen LogP contribution in [0.25, 0.3) is 22.2 Å². The number of rotatable bonds is 10. The van der Waals surface area contributed by atoms with Gasteiger partial charge in [0.05, 0.1) is 17.2 Å². The predicted molar refractivity (Wildman–Crippen MR) is 136 cm³/mol. The van der Waals surface area contributed by atoms with Gasteiger partial charge in [-0.1, -0.05) is 26.0 Å². The van der Waals surface area contributed by atoms with Gasteiger partial charge in [0.1, 0.15) is 11.6 Å². The normalized spacial score (nSPS) is 15.4. The van der Waals surface area contributed by atoms with Crippen LogP contribution in [-0.4, -0.2) is 50.3 Å². The van der Waals surface area contributed by atoms with Crippen LogP contribution in [0.2, 0.25) is 0 Å². The average Bonchev–Trinajstić information content (AvgIpc) is 3.26. The first-order valence-corrected chi connectivity index (χ1v) is 11.7. The van der Waals surface area contributed by atoms with E-state index in [1.807, 2.05) is 42.2 Å². The number of hydrogen-bond donors (Lipinski definition) is 2. The highest BCUT2D eigenvalue weighted by Crippen LogP contribution is 2.23. The van der Waals surface area contributed by atoms with Gasteiger partial charge < -0.3 is 16.0 Å². The molecule has 1 fully saturated rings. The number of pyridine rings is 2. The number of azo groups is 1. The van der Waals surface area contributed by atoms with Crippen LogP contribution >= 0.6 is 0 Å². The standard InChI is InChI=1S/C25H33N9/c1-17(2)18(3)11-28-32-19(4)30-25-7-6-23-24(31-25)10-20(12-27-23)21-13-29-34(14-21)9-5-8-33-15-22(26)16-33/h6-7,10-14,17,22H,4-5,8-9,15-16,26H2,1-3H3,(H,30,31)/b18-11+,32-28?. The Bertz CT molecular complexity index is 1200. The largest absolute Gasteiger partial charge is 0.325 e. The molecule has 0 saturated carbocycles. The highest BCUT2D eigenvalue weighted by atomic mass is 15.3. The lowest BCUT2D eigenvalue weighted by Gasteiger charge is -2.36. The third-order valence-corrected chi connectivity index (χ3v) is 5.97. The first kappa shape index (κ1) is 23.7. The SMILES string of the molecule is C=C(N=N/C=C(\C)C(C)C)Nc1ccc2ncc(-c3cnn(CCCN4CC(N)C4)c3)cc2n1. The Morgan fingerprint density at radius 3 is 2.82 bits per heavy atom. The van der Waals surface area contributed by atoms with E-state index in [4.69, 9.17) is 5.73 Å². The third-order valence-electron chi connectivity index (χ3n) is 5.97. The molecule has 0 aromatic carbocycles. The van der Waals surface area contributed by atoms with Gasteiger partial charge in [0, 0.05) is 61.9 Å². The molecule has 0 spiro atoms. The van der Waals surface area contributed by atoms with Gasteiger partial charge in [-0.15, -0.1) is 5.11 Å². The monoisotopic (exact) mass is 459 g/mol. The lowest BCUT2D eigenvalue weighted by Crippen LogP contribution is -2.55. The van der Waals surface area contributed by atoms with Crippen molar-refractivity contribution in [1.82, 2.24) is 24.6 Å². The molecule has 9 nitrogen and oxygen atoms in total. The second-order valence-corrected chi connectivity index (χ2v) is 9.14. The highest BCUT2D eigenvalue weighted by molar-refractivity contribution is 5.81. The summed E-state index contributed by atoms with van der Waals surface area (Å²) in [4.78, 5) is 11.6. The molecule has 0 radical (unpaired) electrons. The number of nitrogens with one attached hydrogen (secondary N) is 1. The van der Waals surface area contributed by atoms with Crippen molar-refractivity contribution in [2.45, 2.75) is 39.8 Å². The van der Waals surface area contributed by atoms with Crippen LogP contribution in [-0.2, 0) is 6.54 Å². The van der Waals surface area contributed by atoms with E-state index in [1.54, 1.807) is 6.20 Å². The van der Waals surface area contributed by atoms with Gasteiger partial charge in [0.2, 0.25) is 0 Å². The zero-order valence-electron chi connectivity index (χ0n) is 20.1. The van der Waals surface area contributed by atoms with Crippen molar-refractivity contribution in [1.29, 1.82) is 0 Å². The fraction of sp³-hybridized carbons (Fsp3) is 0.400. The van der Waals surface area contributed by atoms with Crippen LogP contribution in [0.3, 0.4) is 0 Å². The van der Waals surface area contributed by atoms with E-state index in [-0.39, 0.29) is 0 Å². The number of likely N-dealkylation sites (tertiary alicyclic amines) is 1. The summed E-state index contributed by atoms with van der Waals surface area (Å²) in [6.45, 7) is 14.1. The Labute approximate surface area is 200 Å². The lowest BCUT2D eigenvalue weighted by atomic mass is 10.1. The summed E-state index contributed by atoms with van der Waals surface area (Å²) in [5, 5.41) is 15.8. The minimum absolute atomic E-state index is 0.347. The summed E-state index contributed by atoms with van der Waals surface area (Å²) in [6.07, 6.45) is 8.59. The molecule has 4 rings (SSSR count). The molecule has 1 aliphatic rings. The molecule has 0 bridgehead atoms. The molecule has 1 aliphatic heterocycles. The molecular weight excluding hydrogens is 426 g/mol. The van der Waals surface area contributed by atoms with Crippen molar-refractivity contribution in [2.24, 2.45) is 21.9 Å². The fourth-order valence-electron chi connectivity index (χ4n) is 3.63. The average molecular weight is 460 g/mol. The number of fused-ring (bicyclic) bond motifs is 1. The van der Waals surface area contributed by atoms with E-state index >= 15 is 0 Å². The van der Waals surface area contributed by atoms with Crippen LogP contribution in [0.5, 0.6) is 0 Å². The lowest BCUT2D eigenvalue weighted by molar-refractivity contribution is 0.146. The second kappa shape index (κ2) is 10.7. The maximum atomic E-state index is 5.84. The van der Waals surface area contributed by atoms with Crippen molar-refractivity contribution in [3.63, 3.8) is 0 Å². The topological polar surface area (TPSA) is 110 Å². The van der Waals surface area contributed by atoms with Gasteiger partial charge in [0.25, 0.3) is 0 Å². The quantitative estimate of drug-likeness (QED) is 0.434. The predicted octanol–water partition coefficient (Wildman–Crippen LogP) is 4.42. The van der Waals surface area contributed by atoms with Gasteiger partial charge >= 0.3 is 0 Å². The maximum absolute atomic E-state index is 5.84. The van der Waals surface area contributed by atoms with Crippen molar-refractivity contribution in [3.05, 3.63) is 61.0 Å². The molecule has 1 saturated heterocycles. The molecule has 0 aliphatic carbocycles. The van der Waals surface area contributed by atoms with E-state index in [9.17, 15) is 0 Å². The number of nitrogens with two attached hydrogens (primary N) is 1. The number of aryl methyl sites for hydroxylation is 1. The molecule has 9 heteroatoms. The van der Waals surface area contributed by atoms with Gasteiger partial charge in [0.15, 0.2) is 0 Å². The van der Waals surface area contributed by atoms with E-state index < -0.39 is 0 Å². The number of nitrogens with zero attached hydrogens (tertiary/aromatic N) is 7. The van der Waals surface area contributed by atoms with Crippen LogP contribution in [0.15, 0.2) is 71.2 Å². The molecule has 3 aromatic rings. The van der Waals surface area contributed by atoms with Gasteiger partial charge in [-0.05, 0) is 37.5 Å². The molecule has 34 heavy (non-hydrogen) atoms. The van der Waals surface area contributed by atoms with Gasteiger partial charge in [-0.25, -0.2) is 4.98 Å². The van der Waals surface area contributed by atoms with Crippen LogP contribution in [0, 0.1) is 5.92 Å². The first-order valence-electron chi connectivity index (χ1n) is 11.7. The summed E-state index contributed by atoms with van der Waals surface area (Å²) in [5.41, 5.74) is 10.6. The first-order chi connectivity index (χ1) is 16.4. The molecule has 3 aromatic heterocycles. The molecule has 0 unspecified atom stereocenters. The minimum atomic E-state index is 0.347. The number of allylic oxidation sites excluding steroid dienone is 1. The zero-order chi connectivity index (χ0) is 24.1. The van der Waals surface area contributed by atoms with E-state index in [1.165, 1.54) is 0 Å². The van der Waals surface area contributed by atoms with Crippen LogP contribution in [0.4, 0.5) is 5.82 Å². The van der Waals surface area contributed by atoms with Crippen molar-refractivity contribution < 1.29 is 0 Å². The third kappa shape index (κ3) is 6.12. The summed E-state index contributed by atoms with van der Waals surface area (Å²) < 4.78 is 1.98. The summed E-state index contributed by atoms with van der Waals surface area (Å²) in [6, 6.07) is 6.15. The Balaban J connectivity index is 1.39. The van der Waals surface area contributed by atoms with Gasteiger partial charge in [-0.2, -0.15) is 10.2 Å². The summed E-state index contributed by atoms with van der Waals surface area (Å²) in [5.74, 6) is 1.49. The smallest absolute Gasteiger partial charge is 0.146 e. The van der Waals surface area contributed by atoms with Crippen molar-refractivity contribution in [2.75, 3.05) is 25.0 Å². The van der Waals surface area contributed by atoms with Crippen LogP contribution in [0.1, 0.15) is 27.2 Å². The summed E-state index contributed by atoms with van der Waals surface area (Å²) in [7, 11) is 0. The Morgan fingerprint density at radius 1 is 1.24 bits per heavy atom. The molecule has 0 atom stereocenters. The molecule has 3 N–H and O–H groups in total. The van der Waals surface area contributed by atoms with E-state index in [0.717, 1.165) is 60.3 Å². The summed E-state index contributed by atoms with van der Waals surface area (Å²) >= 11 is 0. The molecule has 4 heterocycles. The number of anilines is 1. The molecule has 178 valence electrons. The Hall–Kier alpha value is -3.43. The zero-order valence-corrected chi connectivity index (χ0v) is 20.1. The van der Waals surface area contributed by atoms with Crippen molar-refractivity contribution in [3.8, 4) is 11.1 Å². The Kier molecular flexibility index (Phi) is 7.44. The number of hydrogen-bond acceptors (Lipinski definition) is 8. The number of aromatic nitrogens is 4. The van der Waals surface area contributed by atoms with E-state index in [2.05, 4.69) is 62.1 Å². The van der Waals surface area contributed by atoms with Crippen LogP contribution < -0.4 is 11.1 Å². The Morgan fingerprint density at radius 2 is 2.06 bits per heavy atom. The molecule has 0 amide bonds.